The molecule has 0 saturated carbocycles. The minimum Gasteiger partial charge on any atom is -0.442 e. The van der Waals surface area contributed by atoms with E-state index in [1.165, 1.54) is 17.9 Å². The zero-order valence-electron chi connectivity index (χ0n) is 13.6. The van der Waals surface area contributed by atoms with Crippen LogP contribution in [0.2, 0.25) is 0 Å². The van der Waals surface area contributed by atoms with Crippen molar-refractivity contribution in [1.29, 1.82) is 0 Å². The Balaban J connectivity index is 1.66. The molecule has 2 saturated heterocycles. The summed E-state index contributed by atoms with van der Waals surface area (Å²) in [7, 11) is 1.64. The average Bonchev–Trinajstić information content (AvgIpc) is 2.86. The smallest absolute Gasteiger partial charge is 0.414 e. The number of halogens is 1. The summed E-state index contributed by atoms with van der Waals surface area (Å²) in [4.78, 5) is 26.1. The van der Waals surface area contributed by atoms with Crippen LogP contribution in [0, 0.1) is 5.82 Å². The Morgan fingerprint density at radius 1 is 1.42 bits per heavy atom. The van der Waals surface area contributed by atoms with Crippen LogP contribution in [0.15, 0.2) is 18.2 Å². The molecule has 2 amide bonds. The number of rotatable bonds is 5. The number of cyclic esters (lactones) is 1. The van der Waals surface area contributed by atoms with Gasteiger partial charge in [-0.15, -0.1) is 0 Å². The lowest BCUT2D eigenvalue weighted by Gasteiger charge is -2.40. The molecule has 7 nitrogen and oxygen atoms in total. The van der Waals surface area contributed by atoms with Crippen LogP contribution in [0.25, 0.3) is 0 Å². The highest BCUT2D eigenvalue weighted by molar-refractivity contribution is 5.90. The van der Waals surface area contributed by atoms with E-state index in [0.717, 1.165) is 0 Å². The number of carbonyl (C=O) groups excluding carboxylic acids is 2. The number of carbonyl (C=O) groups is 2. The van der Waals surface area contributed by atoms with Gasteiger partial charge in [-0.1, -0.05) is 0 Å². The van der Waals surface area contributed by atoms with Gasteiger partial charge in [-0.05, 0) is 18.2 Å². The van der Waals surface area contributed by atoms with Gasteiger partial charge in [-0.3, -0.25) is 9.69 Å². The highest BCUT2D eigenvalue weighted by Crippen LogP contribution is 2.30. The molecule has 1 unspecified atom stereocenters. The van der Waals surface area contributed by atoms with E-state index >= 15 is 0 Å². The van der Waals surface area contributed by atoms with Crippen molar-refractivity contribution in [3.63, 3.8) is 0 Å². The van der Waals surface area contributed by atoms with E-state index in [9.17, 15) is 14.0 Å². The predicted octanol–water partition coefficient (Wildman–Crippen LogP) is 1.12. The van der Waals surface area contributed by atoms with Gasteiger partial charge < -0.3 is 19.7 Å². The first-order valence-electron chi connectivity index (χ1n) is 7.78. The average molecular weight is 337 g/mol. The molecular formula is C16H20FN3O4. The van der Waals surface area contributed by atoms with Crippen LogP contribution >= 0.6 is 0 Å². The normalized spacial score (nSPS) is 20.8. The van der Waals surface area contributed by atoms with Gasteiger partial charge >= 0.3 is 6.09 Å². The Labute approximate surface area is 139 Å². The summed E-state index contributed by atoms with van der Waals surface area (Å²) in [6.07, 6.45) is -0.852. The topological polar surface area (TPSA) is 71.1 Å². The van der Waals surface area contributed by atoms with Crippen LogP contribution in [-0.4, -0.2) is 57.5 Å². The maximum absolute atomic E-state index is 14.4. The number of hydrogen-bond donors (Lipinski definition) is 1. The van der Waals surface area contributed by atoms with Gasteiger partial charge in [0.15, 0.2) is 0 Å². The first-order chi connectivity index (χ1) is 11.5. The summed E-state index contributed by atoms with van der Waals surface area (Å²) in [6, 6.07) is 4.68. The van der Waals surface area contributed by atoms with E-state index in [4.69, 9.17) is 9.47 Å². The molecule has 0 spiro atoms. The van der Waals surface area contributed by atoms with Crippen molar-refractivity contribution < 1.29 is 23.5 Å². The van der Waals surface area contributed by atoms with Gasteiger partial charge in [-0.2, -0.15) is 0 Å². The molecule has 0 aromatic heterocycles. The second-order valence-electron chi connectivity index (χ2n) is 5.95. The van der Waals surface area contributed by atoms with Gasteiger partial charge in [0.25, 0.3) is 0 Å². The molecule has 1 atom stereocenters. The molecule has 1 aromatic rings. The zero-order chi connectivity index (χ0) is 17.3. The molecule has 2 heterocycles. The van der Waals surface area contributed by atoms with Crippen molar-refractivity contribution in [3.8, 4) is 0 Å². The Morgan fingerprint density at radius 3 is 2.79 bits per heavy atom. The van der Waals surface area contributed by atoms with Gasteiger partial charge in [-0.25, -0.2) is 9.18 Å². The first-order valence-corrected chi connectivity index (χ1v) is 7.78. The van der Waals surface area contributed by atoms with E-state index in [1.54, 1.807) is 19.2 Å². The van der Waals surface area contributed by atoms with Crippen molar-refractivity contribution in [1.82, 2.24) is 5.32 Å². The number of ether oxygens (including phenoxy) is 2. The molecule has 130 valence electrons. The lowest BCUT2D eigenvalue weighted by molar-refractivity contribution is -0.119. The number of nitrogens with one attached hydrogen (secondary N) is 1. The van der Waals surface area contributed by atoms with Crippen molar-refractivity contribution >= 4 is 23.4 Å². The van der Waals surface area contributed by atoms with E-state index in [-0.39, 0.29) is 30.9 Å². The van der Waals surface area contributed by atoms with E-state index in [0.29, 0.717) is 24.5 Å². The maximum Gasteiger partial charge on any atom is 0.414 e. The van der Waals surface area contributed by atoms with Crippen molar-refractivity contribution in [3.05, 3.63) is 24.0 Å². The van der Waals surface area contributed by atoms with Crippen LogP contribution in [-0.2, 0) is 14.3 Å². The zero-order valence-corrected chi connectivity index (χ0v) is 13.6. The highest BCUT2D eigenvalue weighted by atomic mass is 19.1. The molecule has 3 rings (SSSR count). The third kappa shape index (κ3) is 3.28. The summed E-state index contributed by atoms with van der Waals surface area (Å²) in [5, 5.41) is 2.60. The number of anilines is 2. The SMILES string of the molecule is COC1CN(c2ccc(N3CC(CNC(C)=O)OC3=O)cc2F)C1. The lowest BCUT2D eigenvalue weighted by Crippen LogP contribution is -2.52. The van der Waals surface area contributed by atoms with E-state index in [2.05, 4.69) is 5.32 Å². The Morgan fingerprint density at radius 2 is 2.17 bits per heavy atom. The lowest BCUT2D eigenvalue weighted by atomic mass is 10.1. The Kier molecular flexibility index (Phi) is 4.57. The number of nitrogens with zero attached hydrogens (tertiary/aromatic N) is 2. The maximum atomic E-state index is 14.4. The van der Waals surface area contributed by atoms with E-state index in [1.807, 2.05) is 4.90 Å². The summed E-state index contributed by atoms with van der Waals surface area (Å²) in [5.74, 6) is -0.580. The fourth-order valence-corrected chi connectivity index (χ4v) is 2.80. The molecule has 8 heteroatoms. The van der Waals surface area contributed by atoms with Crippen molar-refractivity contribution in [2.75, 3.05) is 43.1 Å². The third-order valence-corrected chi connectivity index (χ3v) is 4.22. The van der Waals surface area contributed by atoms with E-state index < -0.39 is 12.2 Å². The molecular weight excluding hydrogens is 317 g/mol. The summed E-state index contributed by atoms with van der Waals surface area (Å²) in [5.41, 5.74) is 0.935. The minimum atomic E-state index is -0.541. The van der Waals surface area contributed by atoms with Gasteiger partial charge in [0.2, 0.25) is 5.91 Å². The fraction of sp³-hybridized carbons (Fsp3) is 0.500. The molecule has 2 aliphatic heterocycles. The molecule has 1 N–H and O–H groups in total. The van der Waals surface area contributed by atoms with Crippen molar-refractivity contribution in [2.24, 2.45) is 0 Å². The molecule has 1 aromatic carbocycles. The van der Waals surface area contributed by atoms with Gasteiger partial charge in [0.05, 0.1) is 30.6 Å². The highest BCUT2D eigenvalue weighted by Gasteiger charge is 2.33. The Bertz CT molecular complexity index is 648. The predicted molar refractivity (Wildman–Crippen MR) is 85.7 cm³/mol. The standard InChI is InChI=1S/C16H20FN3O4/c1-10(21)18-6-12-9-20(16(22)24-12)11-3-4-15(14(17)5-11)19-7-13(8-19)23-2/h3-5,12-13H,6-9H2,1-2H3,(H,18,21). The van der Waals surface area contributed by atoms with Crippen LogP contribution in [0.3, 0.4) is 0 Å². The number of hydrogen-bond acceptors (Lipinski definition) is 5. The third-order valence-electron chi connectivity index (χ3n) is 4.22. The molecule has 0 aliphatic carbocycles. The Hall–Kier alpha value is -2.35. The van der Waals surface area contributed by atoms with Gasteiger partial charge in [0.1, 0.15) is 11.9 Å². The molecule has 2 aliphatic rings. The monoisotopic (exact) mass is 337 g/mol. The molecule has 0 bridgehead atoms. The van der Waals surface area contributed by atoms with Gasteiger partial charge in [0, 0.05) is 27.1 Å². The first kappa shape index (κ1) is 16.5. The molecule has 2 fully saturated rings. The number of benzene rings is 1. The second-order valence-corrected chi connectivity index (χ2v) is 5.95. The van der Waals surface area contributed by atoms with Crippen LogP contribution in [0.1, 0.15) is 6.92 Å². The van der Waals surface area contributed by atoms with Crippen LogP contribution in [0.5, 0.6) is 0 Å². The quantitative estimate of drug-likeness (QED) is 0.872. The van der Waals surface area contributed by atoms with Crippen LogP contribution in [0.4, 0.5) is 20.6 Å². The fourth-order valence-electron chi connectivity index (χ4n) is 2.80. The summed E-state index contributed by atoms with van der Waals surface area (Å²) >= 11 is 0. The largest absolute Gasteiger partial charge is 0.442 e. The van der Waals surface area contributed by atoms with Crippen LogP contribution < -0.4 is 15.1 Å². The second kappa shape index (κ2) is 6.64. The molecule has 24 heavy (non-hydrogen) atoms. The minimum absolute atomic E-state index is 0.132. The summed E-state index contributed by atoms with van der Waals surface area (Å²) in [6.45, 7) is 3.21. The number of amides is 2. The summed E-state index contributed by atoms with van der Waals surface area (Å²) < 4.78 is 24.7. The number of methoxy groups -OCH3 is 1. The van der Waals surface area contributed by atoms with Crippen molar-refractivity contribution in [2.45, 2.75) is 19.1 Å². The molecule has 0 radical (unpaired) electrons.